The molecule has 0 heterocycles. The predicted octanol–water partition coefficient (Wildman–Crippen LogP) is 4.44. The second-order valence-corrected chi connectivity index (χ2v) is 4.59. The molecule has 0 bridgehead atoms. The van der Waals surface area contributed by atoms with Gasteiger partial charge in [0, 0.05) is 5.88 Å². The summed E-state index contributed by atoms with van der Waals surface area (Å²) in [7, 11) is 0. The Kier molecular flexibility index (Phi) is 5.10. The van der Waals surface area contributed by atoms with Crippen LogP contribution in [-0.4, -0.2) is 5.88 Å². The smallest absolute Gasteiger partial charge is 0.120 e. The second kappa shape index (κ2) is 7.07. The molecule has 0 spiro atoms. The summed E-state index contributed by atoms with van der Waals surface area (Å²) in [4.78, 5) is 0. The molecule has 0 saturated heterocycles. The van der Waals surface area contributed by atoms with Gasteiger partial charge in [-0.15, -0.1) is 11.6 Å². The van der Waals surface area contributed by atoms with E-state index < -0.39 is 0 Å². The minimum Gasteiger partial charge on any atom is -0.489 e. The Morgan fingerprint density at radius 1 is 0.889 bits per heavy atom. The topological polar surface area (TPSA) is 9.23 Å². The molecule has 0 saturated carbocycles. The van der Waals surface area contributed by atoms with Crippen LogP contribution in [0, 0.1) is 0 Å². The number of benzene rings is 2. The van der Waals surface area contributed by atoms with Crippen LogP contribution in [-0.2, 0) is 13.0 Å². The Bertz CT molecular complexity index is 468. The van der Waals surface area contributed by atoms with Gasteiger partial charge in [0.05, 0.1) is 0 Å². The molecule has 0 aromatic heterocycles. The highest BCUT2D eigenvalue weighted by Crippen LogP contribution is 2.16. The van der Waals surface area contributed by atoms with Crippen LogP contribution >= 0.6 is 11.6 Å². The number of rotatable bonds is 6. The van der Waals surface area contributed by atoms with E-state index in [4.69, 9.17) is 16.3 Å². The van der Waals surface area contributed by atoms with Crippen LogP contribution in [0.3, 0.4) is 0 Å². The highest BCUT2D eigenvalue weighted by atomic mass is 35.5. The maximum atomic E-state index is 5.78. The quantitative estimate of drug-likeness (QED) is 0.698. The molecule has 0 fully saturated rings. The van der Waals surface area contributed by atoms with Crippen LogP contribution in [0.2, 0.25) is 0 Å². The molecule has 2 heteroatoms. The zero-order chi connectivity index (χ0) is 12.6. The van der Waals surface area contributed by atoms with E-state index in [-0.39, 0.29) is 0 Å². The Balaban J connectivity index is 1.93. The SMILES string of the molecule is ClCCCc1cccc(OCc2ccccc2)c1. The van der Waals surface area contributed by atoms with E-state index in [1.807, 2.05) is 30.3 Å². The van der Waals surface area contributed by atoms with Gasteiger partial charge in [-0.1, -0.05) is 42.5 Å². The highest BCUT2D eigenvalue weighted by Gasteiger charge is 1.98. The Morgan fingerprint density at radius 3 is 2.44 bits per heavy atom. The van der Waals surface area contributed by atoms with Crippen molar-refractivity contribution in [2.75, 3.05) is 5.88 Å². The number of hydrogen-bond donors (Lipinski definition) is 0. The molecule has 0 radical (unpaired) electrons. The third-order valence-corrected chi connectivity index (χ3v) is 3.01. The van der Waals surface area contributed by atoms with Crippen LogP contribution in [0.1, 0.15) is 17.5 Å². The summed E-state index contributed by atoms with van der Waals surface area (Å²) in [6.45, 7) is 0.611. The first-order valence-corrected chi connectivity index (χ1v) is 6.73. The zero-order valence-corrected chi connectivity index (χ0v) is 11.1. The third-order valence-electron chi connectivity index (χ3n) is 2.75. The lowest BCUT2D eigenvalue weighted by molar-refractivity contribution is 0.306. The molecule has 0 N–H and O–H groups in total. The summed E-state index contributed by atoms with van der Waals surface area (Å²) in [5, 5.41) is 0. The lowest BCUT2D eigenvalue weighted by Crippen LogP contribution is -1.96. The largest absolute Gasteiger partial charge is 0.489 e. The Morgan fingerprint density at radius 2 is 1.67 bits per heavy atom. The number of aryl methyl sites for hydroxylation is 1. The second-order valence-electron chi connectivity index (χ2n) is 4.21. The van der Waals surface area contributed by atoms with E-state index >= 15 is 0 Å². The molecule has 2 rings (SSSR count). The maximum absolute atomic E-state index is 5.78. The minimum atomic E-state index is 0.611. The van der Waals surface area contributed by atoms with Crippen LogP contribution in [0.15, 0.2) is 54.6 Å². The lowest BCUT2D eigenvalue weighted by atomic mass is 10.1. The molecule has 2 aromatic rings. The van der Waals surface area contributed by atoms with Crippen molar-refractivity contribution in [3.63, 3.8) is 0 Å². The fourth-order valence-electron chi connectivity index (χ4n) is 1.80. The average Bonchev–Trinajstić information content (AvgIpc) is 2.44. The van der Waals surface area contributed by atoms with E-state index in [0.717, 1.165) is 18.6 Å². The zero-order valence-electron chi connectivity index (χ0n) is 10.3. The fourth-order valence-corrected chi connectivity index (χ4v) is 1.94. The molecular formula is C16H17ClO. The average molecular weight is 261 g/mol. The molecule has 0 aliphatic heterocycles. The molecule has 0 atom stereocenters. The van der Waals surface area contributed by atoms with E-state index in [9.17, 15) is 0 Å². The van der Waals surface area contributed by atoms with Gasteiger partial charge in [-0.2, -0.15) is 0 Å². The van der Waals surface area contributed by atoms with Crippen molar-refractivity contribution in [1.29, 1.82) is 0 Å². The summed E-state index contributed by atoms with van der Waals surface area (Å²) in [6, 6.07) is 18.4. The number of alkyl halides is 1. The van der Waals surface area contributed by atoms with Crippen molar-refractivity contribution in [3.05, 3.63) is 65.7 Å². The fraction of sp³-hybridized carbons (Fsp3) is 0.250. The van der Waals surface area contributed by atoms with Gasteiger partial charge in [0.1, 0.15) is 12.4 Å². The van der Waals surface area contributed by atoms with Gasteiger partial charge in [0.25, 0.3) is 0 Å². The van der Waals surface area contributed by atoms with Gasteiger partial charge in [0.15, 0.2) is 0 Å². The highest BCUT2D eigenvalue weighted by molar-refractivity contribution is 6.17. The molecular weight excluding hydrogens is 244 g/mol. The van der Waals surface area contributed by atoms with Crippen molar-refractivity contribution < 1.29 is 4.74 Å². The molecule has 2 aromatic carbocycles. The van der Waals surface area contributed by atoms with Crippen LogP contribution < -0.4 is 4.74 Å². The molecule has 1 nitrogen and oxygen atoms in total. The van der Waals surface area contributed by atoms with Gasteiger partial charge >= 0.3 is 0 Å². The van der Waals surface area contributed by atoms with E-state index in [1.165, 1.54) is 11.1 Å². The summed E-state index contributed by atoms with van der Waals surface area (Å²) in [6.07, 6.45) is 2.01. The number of hydrogen-bond acceptors (Lipinski definition) is 1. The minimum absolute atomic E-state index is 0.611. The lowest BCUT2D eigenvalue weighted by Gasteiger charge is -2.08. The van der Waals surface area contributed by atoms with Gasteiger partial charge in [-0.3, -0.25) is 0 Å². The summed E-state index contributed by atoms with van der Waals surface area (Å²) in [5.74, 6) is 1.63. The molecule has 0 amide bonds. The van der Waals surface area contributed by atoms with Crippen LogP contribution in [0.5, 0.6) is 5.75 Å². The summed E-state index contributed by atoms with van der Waals surface area (Å²) < 4.78 is 5.78. The maximum Gasteiger partial charge on any atom is 0.120 e. The van der Waals surface area contributed by atoms with Crippen LogP contribution in [0.25, 0.3) is 0 Å². The standard InChI is InChI=1S/C16H17ClO/c17-11-5-9-14-8-4-10-16(12-14)18-13-15-6-2-1-3-7-15/h1-4,6-8,10,12H,5,9,11,13H2. The Labute approximate surface area is 113 Å². The van der Waals surface area contributed by atoms with E-state index in [2.05, 4.69) is 24.3 Å². The third kappa shape index (κ3) is 4.08. The first-order valence-electron chi connectivity index (χ1n) is 6.20. The number of halogens is 1. The van der Waals surface area contributed by atoms with Crippen molar-refractivity contribution in [3.8, 4) is 5.75 Å². The molecule has 94 valence electrons. The summed E-state index contributed by atoms with van der Waals surface area (Å²) in [5.41, 5.74) is 2.46. The molecule has 18 heavy (non-hydrogen) atoms. The van der Waals surface area contributed by atoms with Gasteiger partial charge < -0.3 is 4.74 Å². The van der Waals surface area contributed by atoms with Crippen molar-refractivity contribution >= 4 is 11.6 Å². The van der Waals surface area contributed by atoms with Crippen molar-refractivity contribution in [2.45, 2.75) is 19.4 Å². The first-order chi connectivity index (χ1) is 8.88. The van der Waals surface area contributed by atoms with E-state index in [1.54, 1.807) is 0 Å². The molecule has 0 aliphatic rings. The van der Waals surface area contributed by atoms with Crippen LogP contribution in [0.4, 0.5) is 0 Å². The van der Waals surface area contributed by atoms with Gasteiger partial charge in [-0.05, 0) is 36.1 Å². The monoisotopic (exact) mass is 260 g/mol. The van der Waals surface area contributed by atoms with Gasteiger partial charge in [-0.25, -0.2) is 0 Å². The molecule has 0 aliphatic carbocycles. The van der Waals surface area contributed by atoms with Gasteiger partial charge in [0.2, 0.25) is 0 Å². The van der Waals surface area contributed by atoms with E-state index in [0.29, 0.717) is 12.5 Å². The van der Waals surface area contributed by atoms with Crippen molar-refractivity contribution in [1.82, 2.24) is 0 Å². The first kappa shape index (κ1) is 13.0. The number of ether oxygens (including phenoxy) is 1. The molecule has 0 unspecified atom stereocenters. The van der Waals surface area contributed by atoms with Crippen molar-refractivity contribution in [2.24, 2.45) is 0 Å². The normalized spacial score (nSPS) is 10.3. The Hall–Kier alpha value is -1.47. The summed E-state index contributed by atoms with van der Waals surface area (Å²) >= 11 is 5.70. The predicted molar refractivity (Wildman–Crippen MR) is 76.3 cm³/mol.